The van der Waals surface area contributed by atoms with Crippen molar-refractivity contribution in [3.63, 3.8) is 0 Å². The van der Waals surface area contributed by atoms with Gasteiger partial charge in [-0.25, -0.2) is 15.0 Å². The molecule has 27 heavy (non-hydrogen) atoms. The molecule has 1 aromatic carbocycles. The number of hydrogen-bond donors (Lipinski definition) is 1. The lowest BCUT2D eigenvalue weighted by Crippen LogP contribution is -2.54. The van der Waals surface area contributed by atoms with Gasteiger partial charge >= 0.3 is 0 Å². The molecule has 3 aliphatic rings. The van der Waals surface area contributed by atoms with E-state index in [1.807, 2.05) is 18.2 Å². The van der Waals surface area contributed by atoms with E-state index in [4.69, 9.17) is 4.98 Å². The molecule has 4 heterocycles. The summed E-state index contributed by atoms with van der Waals surface area (Å²) in [5.41, 5.74) is 2.74. The highest BCUT2D eigenvalue weighted by atomic mass is 16.1. The van der Waals surface area contributed by atoms with Crippen LogP contribution in [0.25, 0.3) is 11.0 Å². The SMILES string of the molecule is CN1CCN(N2CCC(c3nc4cccc5c4n3CCNC5=O)CC2)CC1. The fourth-order valence-corrected chi connectivity index (χ4v) is 4.79. The highest BCUT2D eigenvalue weighted by Crippen LogP contribution is 2.32. The van der Waals surface area contributed by atoms with Gasteiger partial charge in [0.15, 0.2) is 0 Å². The first-order chi connectivity index (χ1) is 13.2. The summed E-state index contributed by atoms with van der Waals surface area (Å²) in [7, 11) is 2.20. The number of nitrogens with zero attached hydrogens (tertiary/aromatic N) is 5. The van der Waals surface area contributed by atoms with Crippen LogP contribution in [0.2, 0.25) is 0 Å². The topological polar surface area (TPSA) is 56.6 Å². The third-order valence-corrected chi connectivity index (χ3v) is 6.38. The number of benzene rings is 1. The van der Waals surface area contributed by atoms with Gasteiger partial charge in [0.1, 0.15) is 5.82 Å². The van der Waals surface area contributed by atoms with Gasteiger partial charge in [-0.1, -0.05) is 6.07 Å². The van der Waals surface area contributed by atoms with Crippen LogP contribution in [0.15, 0.2) is 18.2 Å². The van der Waals surface area contributed by atoms with E-state index in [1.54, 1.807) is 0 Å². The molecule has 7 nitrogen and oxygen atoms in total. The van der Waals surface area contributed by atoms with Crippen LogP contribution < -0.4 is 5.32 Å². The van der Waals surface area contributed by atoms with Gasteiger partial charge in [0.05, 0.1) is 16.6 Å². The molecule has 0 atom stereocenters. The maximum atomic E-state index is 12.4. The summed E-state index contributed by atoms with van der Waals surface area (Å²) in [6.07, 6.45) is 2.26. The quantitative estimate of drug-likeness (QED) is 0.861. The Morgan fingerprint density at radius 3 is 2.52 bits per heavy atom. The largest absolute Gasteiger partial charge is 0.350 e. The normalized spacial score (nSPS) is 23.5. The summed E-state index contributed by atoms with van der Waals surface area (Å²) in [5, 5.41) is 8.10. The van der Waals surface area contributed by atoms with Crippen LogP contribution in [-0.4, -0.2) is 83.2 Å². The Morgan fingerprint density at radius 2 is 1.74 bits per heavy atom. The number of rotatable bonds is 2. The van der Waals surface area contributed by atoms with Crippen LogP contribution >= 0.6 is 0 Å². The van der Waals surface area contributed by atoms with Crippen molar-refractivity contribution in [1.82, 2.24) is 29.8 Å². The Kier molecular flexibility index (Phi) is 4.38. The van der Waals surface area contributed by atoms with E-state index < -0.39 is 0 Å². The predicted molar refractivity (Wildman–Crippen MR) is 105 cm³/mol. The minimum Gasteiger partial charge on any atom is -0.350 e. The lowest BCUT2D eigenvalue weighted by atomic mass is 9.96. The van der Waals surface area contributed by atoms with Crippen molar-refractivity contribution < 1.29 is 4.79 Å². The molecule has 144 valence electrons. The van der Waals surface area contributed by atoms with E-state index in [0.717, 1.165) is 75.3 Å². The number of hydrazine groups is 1. The van der Waals surface area contributed by atoms with E-state index in [-0.39, 0.29) is 5.91 Å². The molecule has 0 bridgehead atoms. The predicted octanol–water partition coefficient (Wildman–Crippen LogP) is 1.12. The third-order valence-electron chi connectivity index (χ3n) is 6.38. The van der Waals surface area contributed by atoms with Crippen LogP contribution in [0.5, 0.6) is 0 Å². The fourth-order valence-electron chi connectivity index (χ4n) is 4.79. The van der Waals surface area contributed by atoms with Gasteiger partial charge < -0.3 is 14.8 Å². The number of amides is 1. The molecule has 2 aromatic rings. The molecule has 1 N–H and O–H groups in total. The smallest absolute Gasteiger partial charge is 0.253 e. The Labute approximate surface area is 159 Å². The van der Waals surface area contributed by atoms with Crippen LogP contribution in [-0.2, 0) is 6.54 Å². The van der Waals surface area contributed by atoms with Crippen molar-refractivity contribution in [2.75, 3.05) is 52.9 Å². The Balaban J connectivity index is 1.37. The molecule has 7 heteroatoms. The number of para-hydroxylation sites is 1. The lowest BCUT2D eigenvalue weighted by molar-refractivity contribution is -0.0679. The third kappa shape index (κ3) is 3.03. The number of aromatic nitrogens is 2. The number of piperidine rings is 1. The minimum atomic E-state index is 0.0238. The molecule has 0 saturated carbocycles. The number of likely N-dealkylation sites (N-methyl/N-ethyl adjacent to an activating group) is 1. The first-order valence-electron chi connectivity index (χ1n) is 10.2. The van der Waals surface area contributed by atoms with Crippen molar-refractivity contribution in [2.45, 2.75) is 25.3 Å². The highest BCUT2D eigenvalue weighted by molar-refractivity contribution is 6.05. The van der Waals surface area contributed by atoms with Crippen molar-refractivity contribution in [1.29, 1.82) is 0 Å². The first-order valence-corrected chi connectivity index (χ1v) is 10.2. The van der Waals surface area contributed by atoms with E-state index in [1.165, 1.54) is 5.82 Å². The molecule has 3 aliphatic heterocycles. The summed E-state index contributed by atoms with van der Waals surface area (Å²) < 4.78 is 2.30. The van der Waals surface area contributed by atoms with E-state index in [0.29, 0.717) is 12.5 Å². The minimum absolute atomic E-state index is 0.0238. The van der Waals surface area contributed by atoms with Gasteiger partial charge in [-0.3, -0.25) is 4.79 Å². The summed E-state index contributed by atoms with van der Waals surface area (Å²) in [6.45, 7) is 8.26. The second-order valence-corrected chi connectivity index (χ2v) is 8.04. The average Bonchev–Trinajstić information content (AvgIpc) is 2.98. The van der Waals surface area contributed by atoms with Gasteiger partial charge in [0.2, 0.25) is 0 Å². The standard InChI is InChI=1S/C20H28N6O/c1-23-11-13-25(14-12-23)24-8-5-15(6-9-24)19-22-17-4-2-3-16-18(17)26(19)10-7-21-20(16)27/h2-4,15H,5-14H2,1H3,(H,21,27). The van der Waals surface area contributed by atoms with Crippen molar-refractivity contribution in [2.24, 2.45) is 0 Å². The van der Waals surface area contributed by atoms with Crippen LogP contribution in [0.1, 0.15) is 34.9 Å². The molecule has 2 saturated heterocycles. The highest BCUT2D eigenvalue weighted by Gasteiger charge is 2.30. The molecule has 1 aromatic heterocycles. The summed E-state index contributed by atoms with van der Waals surface area (Å²) in [4.78, 5) is 19.7. The molecular weight excluding hydrogens is 340 g/mol. The second kappa shape index (κ2) is 6.89. The summed E-state index contributed by atoms with van der Waals surface area (Å²) >= 11 is 0. The molecule has 1 amide bonds. The van der Waals surface area contributed by atoms with Crippen molar-refractivity contribution in [3.8, 4) is 0 Å². The van der Waals surface area contributed by atoms with Gasteiger partial charge in [-0.2, -0.15) is 0 Å². The van der Waals surface area contributed by atoms with E-state index in [9.17, 15) is 4.79 Å². The zero-order chi connectivity index (χ0) is 18.4. The first kappa shape index (κ1) is 17.2. The van der Waals surface area contributed by atoms with Crippen molar-refractivity contribution >= 4 is 16.9 Å². The Morgan fingerprint density at radius 1 is 1.00 bits per heavy atom. The number of carbonyl (C=O) groups excluding carboxylic acids is 1. The van der Waals surface area contributed by atoms with Crippen LogP contribution in [0.4, 0.5) is 0 Å². The number of hydrogen-bond acceptors (Lipinski definition) is 5. The Bertz CT molecular complexity index is 846. The Hall–Kier alpha value is -1.96. The summed E-state index contributed by atoms with van der Waals surface area (Å²) in [5.74, 6) is 1.67. The second-order valence-electron chi connectivity index (χ2n) is 8.04. The molecule has 0 aliphatic carbocycles. The number of nitrogens with one attached hydrogen (secondary N) is 1. The van der Waals surface area contributed by atoms with Crippen LogP contribution in [0.3, 0.4) is 0 Å². The van der Waals surface area contributed by atoms with E-state index >= 15 is 0 Å². The fraction of sp³-hybridized carbons (Fsp3) is 0.600. The number of carbonyl (C=O) groups is 1. The lowest BCUT2D eigenvalue weighted by Gasteiger charge is -2.43. The molecule has 0 spiro atoms. The van der Waals surface area contributed by atoms with Crippen LogP contribution in [0, 0.1) is 0 Å². The summed E-state index contributed by atoms with van der Waals surface area (Å²) in [6, 6.07) is 5.90. The zero-order valence-electron chi connectivity index (χ0n) is 16.0. The molecule has 2 fully saturated rings. The monoisotopic (exact) mass is 368 g/mol. The number of imidazole rings is 1. The maximum Gasteiger partial charge on any atom is 0.253 e. The zero-order valence-corrected chi connectivity index (χ0v) is 16.0. The van der Waals surface area contributed by atoms with Crippen molar-refractivity contribution in [3.05, 3.63) is 29.6 Å². The molecular formula is C20H28N6O. The maximum absolute atomic E-state index is 12.4. The van der Waals surface area contributed by atoms with Gasteiger partial charge in [-0.05, 0) is 32.0 Å². The number of piperazine rings is 1. The molecule has 0 unspecified atom stereocenters. The van der Waals surface area contributed by atoms with Gasteiger partial charge in [-0.15, -0.1) is 0 Å². The van der Waals surface area contributed by atoms with Gasteiger partial charge in [0.25, 0.3) is 5.91 Å². The van der Waals surface area contributed by atoms with E-state index in [2.05, 4.69) is 31.8 Å². The molecule has 5 rings (SSSR count). The van der Waals surface area contributed by atoms with Gasteiger partial charge in [0, 0.05) is 58.3 Å². The average molecular weight is 368 g/mol. The molecule has 0 radical (unpaired) electrons.